The molecule has 120 valence electrons. The SMILES string of the molecule is CCCOCCCNS(=O)(=O)c1cccc(S(=O)(=O)F)c1. The molecule has 0 heterocycles. The molecule has 0 aliphatic carbocycles. The van der Waals surface area contributed by atoms with Crippen LogP contribution >= 0.6 is 0 Å². The number of halogens is 1. The van der Waals surface area contributed by atoms with Crippen molar-refractivity contribution in [3.05, 3.63) is 24.3 Å². The Bertz CT molecular complexity index is 658. The lowest BCUT2D eigenvalue weighted by Crippen LogP contribution is -2.25. The van der Waals surface area contributed by atoms with Gasteiger partial charge in [0.1, 0.15) is 0 Å². The summed E-state index contributed by atoms with van der Waals surface area (Å²) in [5.74, 6) is 0. The van der Waals surface area contributed by atoms with Crippen LogP contribution in [0.2, 0.25) is 0 Å². The summed E-state index contributed by atoms with van der Waals surface area (Å²) in [5.41, 5.74) is 0. The minimum Gasteiger partial charge on any atom is -0.381 e. The van der Waals surface area contributed by atoms with Crippen molar-refractivity contribution < 1.29 is 25.5 Å². The van der Waals surface area contributed by atoms with Gasteiger partial charge in [-0.3, -0.25) is 0 Å². The summed E-state index contributed by atoms with van der Waals surface area (Å²) in [6.45, 7) is 3.16. The van der Waals surface area contributed by atoms with Gasteiger partial charge in [-0.1, -0.05) is 13.0 Å². The third kappa shape index (κ3) is 6.08. The summed E-state index contributed by atoms with van der Waals surface area (Å²) < 4.78 is 65.8. The van der Waals surface area contributed by atoms with E-state index in [2.05, 4.69) is 4.72 Å². The Morgan fingerprint density at radius 1 is 1.14 bits per heavy atom. The largest absolute Gasteiger partial charge is 0.381 e. The van der Waals surface area contributed by atoms with Gasteiger partial charge < -0.3 is 4.74 Å². The minimum atomic E-state index is -4.93. The van der Waals surface area contributed by atoms with E-state index < -0.39 is 25.1 Å². The molecular formula is C12H18FNO5S2. The fraction of sp³-hybridized carbons (Fsp3) is 0.500. The van der Waals surface area contributed by atoms with E-state index in [-0.39, 0.29) is 11.4 Å². The van der Waals surface area contributed by atoms with Crippen LogP contribution in [0.5, 0.6) is 0 Å². The molecule has 0 amide bonds. The molecule has 0 bridgehead atoms. The van der Waals surface area contributed by atoms with E-state index in [1.54, 1.807) is 0 Å². The van der Waals surface area contributed by atoms with Gasteiger partial charge in [0.25, 0.3) is 0 Å². The molecule has 0 aromatic heterocycles. The van der Waals surface area contributed by atoms with Crippen LogP contribution in [0, 0.1) is 0 Å². The highest BCUT2D eigenvalue weighted by Gasteiger charge is 2.18. The zero-order valence-electron chi connectivity index (χ0n) is 11.6. The van der Waals surface area contributed by atoms with Crippen LogP contribution in [0.15, 0.2) is 34.1 Å². The van der Waals surface area contributed by atoms with E-state index >= 15 is 0 Å². The first-order valence-electron chi connectivity index (χ1n) is 6.39. The van der Waals surface area contributed by atoms with E-state index in [1.165, 1.54) is 12.1 Å². The van der Waals surface area contributed by atoms with Crippen LogP contribution in [0.4, 0.5) is 3.89 Å². The minimum absolute atomic E-state index is 0.151. The molecule has 0 fully saturated rings. The first kappa shape index (κ1) is 18.0. The molecule has 21 heavy (non-hydrogen) atoms. The van der Waals surface area contributed by atoms with Crippen LogP contribution in [0.3, 0.4) is 0 Å². The molecule has 0 saturated carbocycles. The van der Waals surface area contributed by atoms with E-state index in [9.17, 15) is 20.7 Å². The molecule has 6 nitrogen and oxygen atoms in total. The van der Waals surface area contributed by atoms with Crippen molar-refractivity contribution in [1.29, 1.82) is 0 Å². The fourth-order valence-corrected chi connectivity index (χ4v) is 3.21. The van der Waals surface area contributed by atoms with Gasteiger partial charge in [0.15, 0.2) is 0 Å². The summed E-state index contributed by atoms with van der Waals surface area (Å²) in [7, 11) is -8.81. The Morgan fingerprint density at radius 2 is 1.81 bits per heavy atom. The standard InChI is InChI=1S/C12H18FNO5S2/c1-2-8-19-9-4-7-14-21(17,18)12-6-3-5-11(10-12)20(13,15)16/h3,5-6,10,14H,2,4,7-9H2,1H3. The highest BCUT2D eigenvalue weighted by atomic mass is 32.3. The predicted octanol–water partition coefficient (Wildman–Crippen LogP) is 1.44. The molecule has 0 atom stereocenters. The molecule has 1 aromatic rings. The second-order valence-corrected chi connectivity index (χ2v) is 7.39. The molecule has 1 aromatic carbocycles. The number of ether oxygens (including phenoxy) is 1. The monoisotopic (exact) mass is 339 g/mol. The van der Waals surface area contributed by atoms with Gasteiger partial charge in [0.05, 0.1) is 9.79 Å². The summed E-state index contributed by atoms with van der Waals surface area (Å²) in [5, 5.41) is 0. The normalized spacial score (nSPS) is 12.5. The topological polar surface area (TPSA) is 89.5 Å². The van der Waals surface area contributed by atoms with E-state index in [1.807, 2.05) is 6.92 Å². The summed E-state index contributed by atoms with van der Waals surface area (Å²) in [4.78, 5) is -0.979. The lowest BCUT2D eigenvalue weighted by atomic mass is 10.4. The molecule has 1 rings (SSSR count). The maximum atomic E-state index is 12.9. The number of rotatable bonds is 9. The molecule has 0 saturated heterocycles. The van der Waals surface area contributed by atoms with Crippen molar-refractivity contribution in [2.24, 2.45) is 0 Å². The van der Waals surface area contributed by atoms with Gasteiger partial charge in [-0.15, -0.1) is 3.89 Å². The van der Waals surface area contributed by atoms with Crippen LogP contribution in [-0.2, 0) is 25.0 Å². The molecular weight excluding hydrogens is 321 g/mol. The van der Waals surface area contributed by atoms with Crippen molar-refractivity contribution in [2.45, 2.75) is 29.6 Å². The molecule has 0 unspecified atom stereocenters. The van der Waals surface area contributed by atoms with Gasteiger partial charge in [0, 0.05) is 19.8 Å². The van der Waals surface area contributed by atoms with Crippen molar-refractivity contribution >= 4 is 20.2 Å². The van der Waals surface area contributed by atoms with Crippen molar-refractivity contribution in [1.82, 2.24) is 4.72 Å². The summed E-state index contributed by atoms with van der Waals surface area (Å²) >= 11 is 0. The number of hydrogen-bond acceptors (Lipinski definition) is 5. The Balaban J connectivity index is 2.67. The van der Waals surface area contributed by atoms with Crippen molar-refractivity contribution in [3.8, 4) is 0 Å². The van der Waals surface area contributed by atoms with Gasteiger partial charge in [0.2, 0.25) is 10.0 Å². The van der Waals surface area contributed by atoms with E-state index in [0.29, 0.717) is 19.6 Å². The second-order valence-electron chi connectivity index (χ2n) is 4.28. The van der Waals surface area contributed by atoms with Gasteiger partial charge in [-0.2, -0.15) is 8.42 Å². The zero-order valence-corrected chi connectivity index (χ0v) is 13.2. The van der Waals surface area contributed by atoms with E-state index in [4.69, 9.17) is 4.74 Å². The average molecular weight is 339 g/mol. The number of benzene rings is 1. The first-order chi connectivity index (χ1) is 9.77. The molecule has 0 aliphatic heterocycles. The van der Waals surface area contributed by atoms with Crippen molar-refractivity contribution in [3.63, 3.8) is 0 Å². The maximum Gasteiger partial charge on any atom is 0.332 e. The smallest absolute Gasteiger partial charge is 0.332 e. The first-order valence-corrected chi connectivity index (χ1v) is 9.26. The highest BCUT2D eigenvalue weighted by Crippen LogP contribution is 2.17. The second kappa shape index (κ2) is 7.83. The highest BCUT2D eigenvalue weighted by molar-refractivity contribution is 7.89. The molecule has 0 aliphatic rings. The lowest BCUT2D eigenvalue weighted by molar-refractivity contribution is 0.133. The number of sulfonamides is 1. The Labute approximate surface area is 124 Å². The Morgan fingerprint density at radius 3 is 2.43 bits per heavy atom. The Kier molecular flexibility index (Phi) is 6.72. The number of nitrogens with one attached hydrogen (secondary N) is 1. The third-order valence-electron chi connectivity index (χ3n) is 2.50. The third-order valence-corrected chi connectivity index (χ3v) is 4.78. The summed E-state index contributed by atoms with van der Waals surface area (Å²) in [6, 6.07) is 4.15. The van der Waals surface area contributed by atoms with E-state index in [0.717, 1.165) is 18.6 Å². The van der Waals surface area contributed by atoms with Crippen LogP contribution < -0.4 is 4.72 Å². The Hall–Kier alpha value is -1.03. The van der Waals surface area contributed by atoms with Gasteiger partial charge >= 0.3 is 10.2 Å². The lowest BCUT2D eigenvalue weighted by Gasteiger charge is -2.07. The summed E-state index contributed by atoms with van der Waals surface area (Å²) in [6.07, 6.45) is 1.37. The van der Waals surface area contributed by atoms with Crippen LogP contribution in [0.1, 0.15) is 19.8 Å². The van der Waals surface area contributed by atoms with Crippen LogP contribution in [0.25, 0.3) is 0 Å². The van der Waals surface area contributed by atoms with Crippen LogP contribution in [-0.4, -0.2) is 36.6 Å². The quantitative estimate of drug-likeness (QED) is 0.543. The van der Waals surface area contributed by atoms with Crippen molar-refractivity contribution in [2.75, 3.05) is 19.8 Å². The fourth-order valence-electron chi connectivity index (χ4n) is 1.50. The zero-order chi connectivity index (χ0) is 15.9. The average Bonchev–Trinajstić information content (AvgIpc) is 2.42. The molecule has 1 N–H and O–H groups in total. The number of hydrogen-bond donors (Lipinski definition) is 1. The maximum absolute atomic E-state index is 12.9. The van der Waals surface area contributed by atoms with Gasteiger partial charge in [-0.25, -0.2) is 13.1 Å². The molecule has 9 heteroatoms. The molecule has 0 spiro atoms. The predicted molar refractivity (Wildman–Crippen MR) is 75.7 cm³/mol. The molecule has 0 radical (unpaired) electrons. The van der Waals surface area contributed by atoms with Gasteiger partial charge in [-0.05, 0) is 31.0 Å².